The standard InChI is InChI=1S/C54H104O14/c1-3-5-7-9-11-13-15-17-19-21-22-23-25-27-29-31-33-35-37-46(56)66-43(40-63-38-36-34-32-30-28-26-24-20-18-16-14-12-10-8-6-4-2)41-64-53-52(62)50(60)48(58)45(68-53)42-65-54-51(61)49(59)47(57)44(39-55)67-54/h43-45,47-55,57-62H,3-42H2,1-2H3. The van der Waals surface area contributed by atoms with Gasteiger partial charge in [-0.2, -0.15) is 0 Å². The molecule has 0 aromatic heterocycles. The molecule has 14 heteroatoms. The van der Waals surface area contributed by atoms with Crippen LogP contribution in [0.4, 0.5) is 0 Å². The number of ether oxygens (including phenoxy) is 6. The van der Waals surface area contributed by atoms with Crippen LogP contribution in [-0.2, 0) is 33.2 Å². The molecule has 2 heterocycles. The van der Waals surface area contributed by atoms with Crippen LogP contribution in [0.1, 0.15) is 239 Å². The van der Waals surface area contributed by atoms with Crippen molar-refractivity contribution in [3.63, 3.8) is 0 Å². The lowest BCUT2D eigenvalue weighted by Crippen LogP contribution is -2.61. The Hall–Kier alpha value is -1.01. The molecule has 68 heavy (non-hydrogen) atoms. The Morgan fingerprint density at radius 2 is 0.779 bits per heavy atom. The fourth-order valence-corrected chi connectivity index (χ4v) is 9.29. The van der Waals surface area contributed by atoms with Gasteiger partial charge in [-0.3, -0.25) is 4.79 Å². The van der Waals surface area contributed by atoms with Gasteiger partial charge in [-0.05, 0) is 12.8 Å². The smallest absolute Gasteiger partial charge is 0.306 e. The molecule has 0 radical (unpaired) electrons. The molecule has 0 aromatic carbocycles. The van der Waals surface area contributed by atoms with E-state index in [-0.39, 0.29) is 25.6 Å². The zero-order valence-electron chi connectivity index (χ0n) is 43.1. The third kappa shape index (κ3) is 29.5. The average molecular weight is 977 g/mol. The summed E-state index contributed by atoms with van der Waals surface area (Å²) in [5.74, 6) is -0.368. The molecule has 0 bridgehead atoms. The maximum absolute atomic E-state index is 13.0. The normalized spacial score (nSPS) is 25.8. The van der Waals surface area contributed by atoms with E-state index in [1.54, 1.807) is 0 Å². The van der Waals surface area contributed by atoms with Gasteiger partial charge in [0.2, 0.25) is 0 Å². The van der Waals surface area contributed by atoms with Gasteiger partial charge < -0.3 is 64.2 Å². The molecule has 404 valence electrons. The van der Waals surface area contributed by atoms with E-state index in [1.807, 2.05) is 0 Å². The Morgan fingerprint density at radius 3 is 1.19 bits per heavy atom. The zero-order valence-corrected chi connectivity index (χ0v) is 43.1. The van der Waals surface area contributed by atoms with Gasteiger partial charge >= 0.3 is 5.97 Å². The second kappa shape index (κ2) is 42.5. The minimum absolute atomic E-state index is 0.0707. The SMILES string of the molecule is CCCCCCCCCCCCCCCCCCCCC(=O)OC(COCCCCCCCCCCCCCCCCCC)COC1OC(COC2OC(CO)C(O)C(O)C2O)C(O)C(O)C1O. The lowest BCUT2D eigenvalue weighted by molar-refractivity contribution is -0.332. The average Bonchev–Trinajstić information content (AvgIpc) is 3.33. The summed E-state index contributed by atoms with van der Waals surface area (Å²) in [4.78, 5) is 13.0. The van der Waals surface area contributed by atoms with Crippen LogP contribution in [-0.4, -0.2) is 142 Å². The van der Waals surface area contributed by atoms with Crippen LogP contribution in [0, 0.1) is 0 Å². The van der Waals surface area contributed by atoms with Crippen molar-refractivity contribution in [2.75, 3.05) is 33.0 Å². The van der Waals surface area contributed by atoms with E-state index in [0.29, 0.717) is 6.61 Å². The second-order valence-corrected chi connectivity index (χ2v) is 20.1. The van der Waals surface area contributed by atoms with Crippen LogP contribution < -0.4 is 0 Å². The van der Waals surface area contributed by atoms with E-state index in [0.717, 1.165) is 44.9 Å². The Kier molecular flexibility index (Phi) is 39.4. The van der Waals surface area contributed by atoms with Crippen LogP contribution in [0.25, 0.3) is 0 Å². The van der Waals surface area contributed by atoms with Crippen molar-refractivity contribution in [2.24, 2.45) is 0 Å². The first kappa shape index (κ1) is 63.1. The van der Waals surface area contributed by atoms with Gasteiger partial charge in [0.05, 0.1) is 26.4 Å². The number of hydrogen-bond donors (Lipinski definition) is 7. The predicted octanol–water partition coefficient (Wildman–Crippen LogP) is 9.25. The molecule has 11 unspecified atom stereocenters. The molecule has 2 rings (SSSR count). The topological polar surface area (TPSA) is 214 Å². The Balaban J connectivity index is 1.72. The summed E-state index contributed by atoms with van der Waals surface area (Å²) in [6.45, 7) is 3.75. The number of rotatable bonds is 46. The van der Waals surface area contributed by atoms with Crippen molar-refractivity contribution >= 4 is 5.97 Å². The molecular formula is C54H104O14. The molecule has 11 atom stereocenters. The van der Waals surface area contributed by atoms with Gasteiger partial charge in [0.25, 0.3) is 0 Å². The molecule has 0 aliphatic carbocycles. The second-order valence-electron chi connectivity index (χ2n) is 20.1. The Morgan fingerprint density at radius 1 is 0.426 bits per heavy atom. The number of unbranched alkanes of at least 4 members (excludes halogenated alkanes) is 32. The monoisotopic (exact) mass is 977 g/mol. The van der Waals surface area contributed by atoms with Gasteiger partial charge in [-0.15, -0.1) is 0 Å². The molecule has 14 nitrogen and oxygen atoms in total. The van der Waals surface area contributed by atoms with Gasteiger partial charge in [0.15, 0.2) is 12.6 Å². The molecule has 0 aromatic rings. The molecule has 0 saturated carbocycles. The van der Waals surface area contributed by atoms with Gasteiger partial charge in [0.1, 0.15) is 54.9 Å². The fraction of sp³-hybridized carbons (Fsp3) is 0.981. The molecule has 0 spiro atoms. The summed E-state index contributed by atoms with van der Waals surface area (Å²) in [7, 11) is 0. The first-order valence-corrected chi connectivity index (χ1v) is 28.1. The highest BCUT2D eigenvalue weighted by Crippen LogP contribution is 2.27. The van der Waals surface area contributed by atoms with E-state index in [2.05, 4.69) is 13.8 Å². The molecule has 2 aliphatic heterocycles. The quantitative estimate of drug-likeness (QED) is 0.0224. The molecule has 0 amide bonds. The molecule has 2 fully saturated rings. The minimum Gasteiger partial charge on any atom is -0.457 e. The summed E-state index contributed by atoms with van der Waals surface area (Å²) in [5, 5.41) is 72.2. The first-order chi connectivity index (χ1) is 33.1. The number of carbonyl (C=O) groups excluding carboxylic acids is 1. The van der Waals surface area contributed by atoms with Crippen LogP contribution in [0.3, 0.4) is 0 Å². The fourth-order valence-electron chi connectivity index (χ4n) is 9.29. The highest BCUT2D eigenvalue weighted by atomic mass is 16.7. The molecule has 7 N–H and O–H groups in total. The summed E-state index contributed by atoms with van der Waals surface area (Å²) in [6.07, 6.45) is 27.3. The van der Waals surface area contributed by atoms with Crippen LogP contribution in [0.15, 0.2) is 0 Å². The van der Waals surface area contributed by atoms with Gasteiger partial charge in [-0.25, -0.2) is 0 Å². The number of hydrogen-bond acceptors (Lipinski definition) is 14. The van der Waals surface area contributed by atoms with Crippen LogP contribution in [0.2, 0.25) is 0 Å². The summed E-state index contributed by atoms with van der Waals surface area (Å²) in [5.41, 5.74) is 0. The van der Waals surface area contributed by atoms with Crippen LogP contribution >= 0.6 is 0 Å². The third-order valence-corrected chi connectivity index (χ3v) is 13.9. The lowest BCUT2D eigenvalue weighted by atomic mass is 9.98. The van der Waals surface area contributed by atoms with Crippen molar-refractivity contribution in [3.8, 4) is 0 Å². The Labute approximate surface area is 412 Å². The van der Waals surface area contributed by atoms with E-state index >= 15 is 0 Å². The summed E-state index contributed by atoms with van der Waals surface area (Å²) < 4.78 is 34.4. The number of carbonyl (C=O) groups is 1. The van der Waals surface area contributed by atoms with Gasteiger partial charge in [-0.1, -0.05) is 219 Å². The van der Waals surface area contributed by atoms with Crippen molar-refractivity contribution < 1.29 is 69.0 Å². The number of aliphatic hydroxyl groups excluding tert-OH is 7. The lowest BCUT2D eigenvalue weighted by Gasteiger charge is -2.42. The summed E-state index contributed by atoms with van der Waals surface area (Å²) in [6, 6.07) is 0. The maximum Gasteiger partial charge on any atom is 0.306 e. The van der Waals surface area contributed by atoms with Crippen LogP contribution in [0.5, 0.6) is 0 Å². The van der Waals surface area contributed by atoms with E-state index < -0.39 is 80.7 Å². The predicted molar refractivity (Wildman–Crippen MR) is 266 cm³/mol. The van der Waals surface area contributed by atoms with Crippen molar-refractivity contribution in [2.45, 2.75) is 306 Å². The van der Waals surface area contributed by atoms with Crippen molar-refractivity contribution in [3.05, 3.63) is 0 Å². The van der Waals surface area contributed by atoms with E-state index in [9.17, 15) is 40.5 Å². The highest BCUT2D eigenvalue weighted by molar-refractivity contribution is 5.69. The minimum atomic E-state index is -1.70. The zero-order chi connectivity index (χ0) is 49.5. The largest absolute Gasteiger partial charge is 0.457 e. The number of esters is 1. The summed E-state index contributed by atoms with van der Waals surface area (Å²) >= 11 is 0. The number of aliphatic hydroxyl groups is 7. The van der Waals surface area contributed by atoms with Gasteiger partial charge in [0, 0.05) is 13.0 Å². The van der Waals surface area contributed by atoms with Crippen molar-refractivity contribution in [1.29, 1.82) is 0 Å². The van der Waals surface area contributed by atoms with E-state index in [1.165, 1.54) is 173 Å². The Bertz CT molecular complexity index is 1130. The highest BCUT2D eigenvalue weighted by Gasteiger charge is 2.47. The first-order valence-electron chi connectivity index (χ1n) is 28.1. The van der Waals surface area contributed by atoms with E-state index in [4.69, 9.17) is 28.4 Å². The molecule has 2 aliphatic rings. The third-order valence-electron chi connectivity index (χ3n) is 13.9. The molecule has 2 saturated heterocycles. The van der Waals surface area contributed by atoms with Crippen molar-refractivity contribution in [1.82, 2.24) is 0 Å². The maximum atomic E-state index is 13.0. The molecular weight excluding hydrogens is 873 g/mol.